The number of aliphatic hydroxyl groups excluding tert-OH is 1. The highest BCUT2D eigenvalue weighted by Crippen LogP contribution is 2.45. The second kappa shape index (κ2) is 9.90. The molecule has 2 atom stereocenters. The maximum Gasteiger partial charge on any atom is 0.317 e. The SMILES string of the molecule is COc1ccc(CNC(=O)C2(CO)CCc3c(OCC4(C(=O)O)CCc5ccccc54)cccc32)cc1. The van der Waals surface area contributed by atoms with E-state index in [9.17, 15) is 19.8 Å². The number of aliphatic hydroxyl groups is 1. The van der Waals surface area contributed by atoms with Crippen molar-refractivity contribution in [1.29, 1.82) is 0 Å². The molecule has 0 aliphatic heterocycles. The van der Waals surface area contributed by atoms with Crippen molar-refractivity contribution in [2.45, 2.75) is 43.1 Å². The summed E-state index contributed by atoms with van der Waals surface area (Å²) in [6.07, 6.45) is 2.17. The second-order valence-corrected chi connectivity index (χ2v) is 9.89. The van der Waals surface area contributed by atoms with E-state index >= 15 is 0 Å². The number of methoxy groups -OCH3 is 1. The molecule has 0 fully saturated rings. The van der Waals surface area contributed by atoms with Crippen LogP contribution in [0.25, 0.3) is 0 Å². The average Bonchev–Trinajstić information content (AvgIpc) is 3.51. The Balaban J connectivity index is 1.36. The number of benzene rings is 3. The van der Waals surface area contributed by atoms with E-state index in [4.69, 9.17) is 9.47 Å². The maximum absolute atomic E-state index is 13.4. The number of fused-ring (bicyclic) bond motifs is 2. The van der Waals surface area contributed by atoms with Crippen LogP contribution in [0, 0.1) is 0 Å². The third-order valence-corrected chi connectivity index (χ3v) is 8.00. The number of nitrogens with one attached hydrogen (secondary N) is 1. The van der Waals surface area contributed by atoms with Crippen molar-refractivity contribution >= 4 is 11.9 Å². The van der Waals surface area contributed by atoms with Crippen molar-refractivity contribution in [2.75, 3.05) is 20.3 Å². The van der Waals surface area contributed by atoms with Gasteiger partial charge in [0.25, 0.3) is 0 Å². The molecule has 2 aliphatic rings. The normalized spacial score (nSPS) is 21.7. The Morgan fingerprint density at radius 1 is 0.919 bits per heavy atom. The first-order valence-corrected chi connectivity index (χ1v) is 12.5. The van der Waals surface area contributed by atoms with Gasteiger partial charge in [-0.2, -0.15) is 0 Å². The monoisotopic (exact) mass is 501 g/mol. The molecule has 3 N–H and O–H groups in total. The molecule has 0 aromatic heterocycles. The highest BCUT2D eigenvalue weighted by molar-refractivity contribution is 5.90. The summed E-state index contributed by atoms with van der Waals surface area (Å²) >= 11 is 0. The Bertz CT molecular complexity index is 1320. The zero-order valence-electron chi connectivity index (χ0n) is 20.8. The molecule has 0 radical (unpaired) electrons. The minimum atomic E-state index is -1.11. The van der Waals surface area contributed by atoms with Crippen molar-refractivity contribution in [3.63, 3.8) is 0 Å². The number of hydrogen-bond acceptors (Lipinski definition) is 5. The Labute approximate surface area is 216 Å². The van der Waals surface area contributed by atoms with Gasteiger partial charge in [0.2, 0.25) is 5.91 Å². The number of ether oxygens (including phenoxy) is 2. The van der Waals surface area contributed by atoms with Gasteiger partial charge in [0.05, 0.1) is 19.1 Å². The number of hydrogen-bond donors (Lipinski definition) is 3. The molecule has 7 heteroatoms. The first kappa shape index (κ1) is 24.8. The lowest BCUT2D eigenvalue weighted by Gasteiger charge is -2.28. The van der Waals surface area contributed by atoms with Crippen LogP contribution in [-0.4, -0.2) is 42.4 Å². The van der Waals surface area contributed by atoms with Crippen molar-refractivity contribution in [3.8, 4) is 11.5 Å². The van der Waals surface area contributed by atoms with Crippen LogP contribution in [0.3, 0.4) is 0 Å². The fourth-order valence-corrected chi connectivity index (χ4v) is 5.77. The molecule has 3 aromatic carbocycles. The van der Waals surface area contributed by atoms with Crippen molar-refractivity contribution in [2.24, 2.45) is 0 Å². The van der Waals surface area contributed by atoms with E-state index in [1.165, 1.54) is 0 Å². The van der Waals surface area contributed by atoms with Gasteiger partial charge in [-0.1, -0.05) is 48.5 Å². The largest absolute Gasteiger partial charge is 0.497 e. The quantitative estimate of drug-likeness (QED) is 0.414. The third kappa shape index (κ3) is 4.23. The molecular formula is C30H31NO6. The Morgan fingerprint density at radius 2 is 1.65 bits per heavy atom. The summed E-state index contributed by atoms with van der Waals surface area (Å²) in [7, 11) is 1.60. The van der Waals surface area contributed by atoms with Gasteiger partial charge in [-0.05, 0) is 71.7 Å². The standard InChI is InChI=1S/C30H31NO6/c1-36-22-11-9-20(10-12-22)17-31-27(33)29(18-32)16-14-23-25(29)7-4-8-26(23)37-19-30(28(34)35)15-13-21-5-2-3-6-24(21)30/h2-12,32H,13-19H2,1H3,(H,31,33)(H,34,35). The van der Waals surface area contributed by atoms with Crippen LogP contribution in [0.15, 0.2) is 66.7 Å². The van der Waals surface area contributed by atoms with Crippen LogP contribution < -0.4 is 14.8 Å². The number of amides is 1. The first-order valence-electron chi connectivity index (χ1n) is 12.5. The Kier molecular flexibility index (Phi) is 6.65. The van der Waals surface area contributed by atoms with Gasteiger partial charge in [0.15, 0.2) is 0 Å². The summed E-state index contributed by atoms with van der Waals surface area (Å²) in [5, 5.41) is 23.6. The van der Waals surface area contributed by atoms with Gasteiger partial charge >= 0.3 is 5.97 Å². The highest BCUT2D eigenvalue weighted by atomic mass is 16.5. The van der Waals surface area contributed by atoms with Crippen molar-refractivity contribution in [3.05, 3.63) is 94.5 Å². The van der Waals surface area contributed by atoms with Crippen molar-refractivity contribution in [1.82, 2.24) is 5.32 Å². The van der Waals surface area contributed by atoms with E-state index in [1.807, 2.05) is 60.7 Å². The summed E-state index contributed by atoms with van der Waals surface area (Å²) < 4.78 is 11.4. The Morgan fingerprint density at radius 3 is 2.38 bits per heavy atom. The number of aliphatic carboxylic acids is 1. The van der Waals surface area contributed by atoms with E-state index in [0.29, 0.717) is 38.0 Å². The van der Waals surface area contributed by atoms with Crippen molar-refractivity contribution < 1.29 is 29.3 Å². The van der Waals surface area contributed by atoms with Crippen LogP contribution in [0.1, 0.15) is 40.7 Å². The van der Waals surface area contributed by atoms with E-state index in [1.54, 1.807) is 13.2 Å². The lowest BCUT2D eigenvalue weighted by atomic mass is 9.81. The molecule has 192 valence electrons. The minimum absolute atomic E-state index is 0.00555. The summed E-state index contributed by atoms with van der Waals surface area (Å²) in [6.45, 7) is 0.00652. The van der Waals surface area contributed by atoms with Crippen LogP contribution in [-0.2, 0) is 39.8 Å². The molecule has 0 saturated heterocycles. The third-order valence-electron chi connectivity index (χ3n) is 8.00. The molecule has 2 unspecified atom stereocenters. The lowest BCUT2D eigenvalue weighted by molar-refractivity contribution is -0.145. The first-order chi connectivity index (χ1) is 17.9. The smallest absolute Gasteiger partial charge is 0.317 e. The number of carboxylic acids is 1. The molecule has 37 heavy (non-hydrogen) atoms. The minimum Gasteiger partial charge on any atom is -0.497 e. The van der Waals surface area contributed by atoms with Gasteiger partial charge in [0, 0.05) is 6.54 Å². The Hall–Kier alpha value is -3.84. The van der Waals surface area contributed by atoms with Gasteiger partial charge in [-0.15, -0.1) is 0 Å². The predicted octanol–water partition coefficient (Wildman–Crippen LogP) is 3.54. The van der Waals surface area contributed by atoms with Gasteiger partial charge in [-0.3, -0.25) is 9.59 Å². The fourth-order valence-electron chi connectivity index (χ4n) is 5.77. The molecule has 1 amide bonds. The van der Waals surface area contributed by atoms with E-state index in [0.717, 1.165) is 33.6 Å². The number of aryl methyl sites for hydroxylation is 1. The molecule has 0 bridgehead atoms. The average molecular weight is 502 g/mol. The zero-order chi connectivity index (χ0) is 26.0. The molecule has 2 aliphatic carbocycles. The summed E-state index contributed by atoms with van der Waals surface area (Å²) in [5.41, 5.74) is 2.16. The van der Waals surface area contributed by atoms with Crippen LogP contribution >= 0.6 is 0 Å². The van der Waals surface area contributed by atoms with Crippen LogP contribution in [0.2, 0.25) is 0 Å². The number of rotatable bonds is 9. The highest BCUT2D eigenvalue weighted by Gasteiger charge is 2.48. The molecule has 0 saturated carbocycles. The van der Waals surface area contributed by atoms with Gasteiger partial charge < -0.3 is 25.0 Å². The number of carbonyl (C=O) groups excluding carboxylic acids is 1. The molecule has 7 nitrogen and oxygen atoms in total. The maximum atomic E-state index is 13.4. The molecule has 0 spiro atoms. The fraction of sp³-hybridized carbons (Fsp3) is 0.333. The zero-order valence-corrected chi connectivity index (χ0v) is 20.8. The predicted molar refractivity (Wildman–Crippen MR) is 138 cm³/mol. The molecule has 0 heterocycles. The molecule has 3 aromatic rings. The lowest BCUT2D eigenvalue weighted by Crippen LogP contribution is -2.45. The molecule has 5 rings (SSSR count). The summed E-state index contributed by atoms with van der Waals surface area (Å²) in [5.74, 6) is 0.173. The van der Waals surface area contributed by atoms with Crippen LogP contribution in [0.4, 0.5) is 0 Å². The summed E-state index contributed by atoms with van der Waals surface area (Å²) in [6, 6.07) is 20.6. The van der Waals surface area contributed by atoms with Gasteiger partial charge in [0.1, 0.15) is 23.5 Å². The van der Waals surface area contributed by atoms with Gasteiger partial charge in [-0.25, -0.2) is 0 Å². The second-order valence-electron chi connectivity index (χ2n) is 9.89. The van der Waals surface area contributed by atoms with E-state index in [2.05, 4.69) is 5.32 Å². The molecular weight excluding hydrogens is 470 g/mol. The number of carbonyl (C=O) groups is 2. The summed E-state index contributed by atoms with van der Waals surface area (Å²) in [4.78, 5) is 25.8. The van der Waals surface area contributed by atoms with Crippen LogP contribution in [0.5, 0.6) is 11.5 Å². The van der Waals surface area contributed by atoms with E-state index in [-0.39, 0.29) is 19.1 Å². The topological polar surface area (TPSA) is 105 Å². The van der Waals surface area contributed by atoms with E-state index < -0.39 is 16.8 Å². The number of carboxylic acid groups (broad SMARTS) is 1.